The molecule has 0 aliphatic carbocycles. The van der Waals surface area contributed by atoms with E-state index in [4.69, 9.17) is 9.47 Å². The summed E-state index contributed by atoms with van der Waals surface area (Å²) >= 11 is 0. The molecule has 8 nitrogen and oxygen atoms in total. The summed E-state index contributed by atoms with van der Waals surface area (Å²) in [6.07, 6.45) is 0. The Morgan fingerprint density at radius 1 is 0.941 bits per heavy atom. The number of benzene rings is 3. The Labute approximate surface area is 199 Å². The number of anilines is 1. The van der Waals surface area contributed by atoms with E-state index in [9.17, 15) is 13.2 Å². The van der Waals surface area contributed by atoms with E-state index in [-0.39, 0.29) is 4.90 Å². The summed E-state index contributed by atoms with van der Waals surface area (Å²) in [6.45, 7) is 3.62. The van der Waals surface area contributed by atoms with Crippen molar-refractivity contribution < 1.29 is 22.7 Å². The summed E-state index contributed by atoms with van der Waals surface area (Å²) in [4.78, 5) is 12.8. The quantitative estimate of drug-likeness (QED) is 0.351. The Balaban J connectivity index is 1.81. The molecule has 0 heterocycles. The third kappa shape index (κ3) is 6.14. The molecule has 3 rings (SSSR count). The lowest BCUT2D eigenvalue weighted by Gasteiger charge is -2.23. The first-order valence-corrected chi connectivity index (χ1v) is 12.1. The maximum atomic E-state index is 13.4. The molecule has 0 aliphatic heterocycles. The Morgan fingerprint density at radius 2 is 1.56 bits per heavy atom. The van der Waals surface area contributed by atoms with E-state index in [1.807, 2.05) is 19.1 Å². The summed E-state index contributed by atoms with van der Waals surface area (Å²) in [5.74, 6) is 0.693. The fourth-order valence-corrected chi connectivity index (χ4v) is 4.54. The van der Waals surface area contributed by atoms with E-state index < -0.39 is 22.5 Å². The standard InChI is InChI=1S/C25H27N3O5S/c1-4-33-23-14-16-24(17-15-23)34(30,31)28(21-8-6-5-7-9-21)18-25(29)27-26-19(2)20-10-12-22(32-3)13-11-20/h5-17H,4,18H2,1-3H3,(H,27,29)/b26-19-. The van der Waals surface area contributed by atoms with Crippen molar-refractivity contribution in [1.82, 2.24) is 5.43 Å². The lowest BCUT2D eigenvalue weighted by Crippen LogP contribution is -2.39. The van der Waals surface area contributed by atoms with Crippen LogP contribution >= 0.6 is 0 Å². The third-order valence-electron chi connectivity index (χ3n) is 4.91. The van der Waals surface area contributed by atoms with Crippen LogP contribution in [0.25, 0.3) is 0 Å². The van der Waals surface area contributed by atoms with Crippen LogP contribution < -0.4 is 19.2 Å². The van der Waals surface area contributed by atoms with Gasteiger partial charge in [-0.05, 0) is 80.1 Å². The van der Waals surface area contributed by atoms with Gasteiger partial charge in [0.05, 0.1) is 30.0 Å². The maximum Gasteiger partial charge on any atom is 0.264 e. The number of carbonyl (C=O) groups is 1. The molecule has 1 N–H and O–H groups in total. The number of para-hydroxylation sites is 1. The highest BCUT2D eigenvalue weighted by atomic mass is 32.2. The molecule has 0 unspecified atom stereocenters. The summed E-state index contributed by atoms with van der Waals surface area (Å²) in [5.41, 5.74) is 4.17. The minimum absolute atomic E-state index is 0.0468. The number of ether oxygens (including phenoxy) is 2. The van der Waals surface area contributed by atoms with Crippen LogP contribution in [0, 0.1) is 0 Å². The Bertz CT molecular complexity index is 1230. The van der Waals surface area contributed by atoms with Gasteiger partial charge in [0.1, 0.15) is 18.0 Å². The Morgan fingerprint density at radius 3 is 2.15 bits per heavy atom. The van der Waals surface area contributed by atoms with Crippen LogP contribution in [0.1, 0.15) is 19.4 Å². The Kier molecular flexibility index (Phi) is 8.26. The van der Waals surface area contributed by atoms with Crippen molar-refractivity contribution >= 4 is 27.3 Å². The zero-order valence-electron chi connectivity index (χ0n) is 19.3. The predicted molar refractivity (Wildman–Crippen MR) is 132 cm³/mol. The van der Waals surface area contributed by atoms with E-state index in [1.54, 1.807) is 68.6 Å². The first-order chi connectivity index (χ1) is 16.3. The molecule has 0 bridgehead atoms. The van der Waals surface area contributed by atoms with Gasteiger partial charge in [-0.3, -0.25) is 9.10 Å². The minimum atomic E-state index is -4.02. The zero-order chi connectivity index (χ0) is 24.6. The molecule has 3 aromatic carbocycles. The van der Waals surface area contributed by atoms with E-state index in [0.717, 1.165) is 9.87 Å². The SMILES string of the molecule is CCOc1ccc(S(=O)(=O)N(CC(=O)N/N=C(/C)c2ccc(OC)cc2)c2ccccc2)cc1. The molecule has 1 amide bonds. The minimum Gasteiger partial charge on any atom is -0.497 e. The van der Waals surface area contributed by atoms with Crippen LogP contribution in [0.2, 0.25) is 0 Å². The van der Waals surface area contributed by atoms with Gasteiger partial charge in [-0.1, -0.05) is 18.2 Å². The first-order valence-electron chi connectivity index (χ1n) is 10.6. The number of rotatable bonds is 10. The van der Waals surface area contributed by atoms with Gasteiger partial charge in [-0.25, -0.2) is 13.8 Å². The second kappa shape index (κ2) is 11.3. The fraction of sp³-hybridized carbons (Fsp3) is 0.200. The fourth-order valence-electron chi connectivity index (χ4n) is 3.12. The molecule has 34 heavy (non-hydrogen) atoms. The average molecular weight is 482 g/mol. The first kappa shape index (κ1) is 24.8. The van der Waals surface area contributed by atoms with Crippen LogP contribution in [-0.2, 0) is 14.8 Å². The second-order valence-corrected chi connectivity index (χ2v) is 9.07. The molecule has 0 saturated heterocycles. The lowest BCUT2D eigenvalue weighted by atomic mass is 10.1. The number of hydrogen-bond donors (Lipinski definition) is 1. The van der Waals surface area contributed by atoms with Gasteiger partial charge >= 0.3 is 0 Å². The number of amides is 1. The average Bonchev–Trinajstić information content (AvgIpc) is 2.87. The molecule has 178 valence electrons. The van der Waals surface area contributed by atoms with Crippen LogP contribution in [-0.4, -0.2) is 40.3 Å². The molecule has 3 aromatic rings. The van der Waals surface area contributed by atoms with E-state index in [2.05, 4.69) is 10.5 Å². The number of hydrogen-bond acceptors (Lipinski definition) is 6. The number of nitrogens with zero attached hydrogens (tertiary/aromatic N) is 2. The van der Waals surface area contributed by atoms with Gasteiger partial charge in [-0.2, -0.15) is 5.10 Å². The van der Waals surface area contributed by atoms with Gasteiger partial charge in [0, 0.05) is 0 Å². The topological polar surface area (TPSA) is 97.3 Å². The number of hydrazone groups is 1. The molecular formula is C25H27N3O5S. The molecule has 0 aromatic heterocycles. The number of methoxy groups -OCH3 is 1. The summed E-state index contributed by atoms with van der Waals surface area (Å²) in [7, 11) is -2.45. The molecule has 0 radical (unpaired) electrons. The highest BCUT2D eigenvalue weighted by Crippen LogP contribution is 2.25. The van der Waals surface area contributed by atoms with Crippen LogP contribution in [0.4, 0.5) is 5.69 Å². The second-order valence-electron chi connectivity index (χ2n) is 7.21. The van der Waals surface area contributed by atoms with Crippen LogP contribution in [0.5, 0.6) is 11.5 Å². The largest absolute Gasteiger partial charge is 0.497 e. The summed E-state index contributed by atoms with van der Waals surface area (Å²) < 4.78 is 38.4. The van der Waals surface area contributed by atoms with Gasteiger partial charge < -0.3 is 9.47 Å². The molecular weight excluding hydrogens is 454 g/mol. The van der Waals surface area contributed by atoms with E-state index >= 15 is 0 Å². The smallest absolute Gasteiger partial charge is 0.264 e. The zero-order valence-corrected chi connectivity index (χ0v) is 20.1. The molecule has 0 fully saturated rings. The molecule has 0 spiro atoms. The van der Waals surface area contributed by atoms with E-state index in [1.165, 1.54) is 12.1 Å². The van der Waals surface area contributed by atoms with Gasteiger partial charge in [-0.15, -0.1) is 0 Å². The monoisotopic (exact) mass is 481 g/mol. The number of nitrogens with one attached hydrogen (secondary N) is 1. The number of sulfonamides is 1. The van der Waals surface area contributed by atoms with Crippen molar-refractivity contribution in [2.75, 3.05) is 24.6 Å². The maximum absolute atomic E-state index is 13.4. The van der Waals surface area contributed by atoms with Gasteiger partial charge in [0.15, 0.2) is 0 Å². The molecule has 0 saturated carbocycles. The highest BCUT2D eigenvalue weighted by Gasteiger charge is 2.27. The molecule has 0 aliphatic rings. The van der Waals surface area contributed by atoms with Crippen molar-refractivity contribution in [3.63, 3.8) is 0 Å². The van der Waals surface area contributed by atoms with Gasteiger partial charge in [0.2, 0.25) is 0 Å². The third-order valence-corrected chi connectivity index (χ3v) is 6.70. The van der Waals surface area contributed by atoms with Crippen molar-refractivity contribution in [3.05, 3.63) is 84.4 Å². The summed E-state index contributed by atoms with van der Waals surface area (Å²) in [5, 5.41) is 4.12. The molecule has 9 heteroatoms. The Hall–Kier alpha value is -3.85. The number of carbonyl (C=O) groups excluding carboxylic acids is 1. The van der Waals surface area contributed by atoms with Crippen LogP contribution in [0.3, 0.4) is 0 Å². The highest BCUT2D eigenvalue weighted by molar-refractivity contribution is 7.92. The van der Waals surface area contributed by atoms with Crippen molar-refractivity contribution in [1.29, 1.82) is 0 Å². The van der Waals surface area contributed by atoms with Crippen molar-refractivity contribution in [3.8, 4) is 11.5 Å². The van der Waals surface area contributed by atoms with Crippen LogP contribution in [0.15, 0.2) is 88.9 Å². The normalized spacial score (nSPS) is 11.6. The van der Waals surface area contributed by atoms with E-state index in [0.29, 0.717) is 29.5 Å². The summed E-state index contributed by atoms with van der Waals surface area (Å²) in [6, 6.07) is 21.7. The predicted octanol–water partition coefficient (Wildman–Crippen LogP) is 3.83. The van der Waals surface area contributed by atoms with Crippen molar-refractivity contribution in [2.45, 2.75) is 18.7 Å². The molecule has 0 atom stereocenters. The van der Waals surface area contributed by atoms with Gasteiger partial charge in [0.25, 0.3) is 15.9 Å². The lowest BCUT2D eigenvalue weighted by molar-refractivity contribution is -0.119. The van der Waals surface area contributed by atoms with Crippen molar-refractivity contribution in [2.24, 2.45) is 5.10 Å².